The van der Waals surface area contributed by atoms with Gasteiger partial charge in [-0.15, -0.1) is 0 Å². The Hall–Kier alpha value is -2.65. The molecule has 7 nitrogen and oxygen atoms in total. The van der Waals surface area contributed by atoms with E-state index < -0.39 is 10.0 Å². The van der Waals surface area contributed by atoms with Crippen LogP contribution in [-0.2, 0) is 21.4 Å². The third-order valence-corrected chi connectivity index (χ3v) is 6.14. The number of nitrogens with zero attached hydrogens (tertiary/aromatic N) is 1. The first-order chi connectivity index (χ1) is 14.4. The second-order valence-corrected chi connectivity index (χ2v) is 8.77. The lowest BCUT2D eigenvalue weighted by molar-refractivity contribution is -0.130. The van der Waals surface area contributed by atoms with Crippen LogP contribution < -0.4 is 14.2 Å². The Bertz CT molecular complexity index is 997. The van der Waals surface area contributed by atoms with E-state index in [0.29, 0.717) is 36.7 Å². The number of rotatable bonds is 8. The van der Waals surface area contributed by atoms with Crippen LogP contribution in [0, 0.1) is 5.82 Å². The number of ether oxygens (including phenoxy) is 2. The topological polar surface area (TPSA) is 84.9 Å². The summed E-state index contributed by atoms with van der Waals surface area (Å²) in [4.78, 5) is 13.7. The molecular weight excluding hydrogens is 411 g/mol. The van der Waals surface area contributed by atoms with E-state index in [1.54, 1.807) is 31.3 Å². The van der Waals surface area contributed by atoms with Crippen molar-refractivity contribution < 1.29 is 27.1 Å². The fourth-order valence-corrected chi connectivity index (χ4v) is 4.09. The molecule has 0 radical (unpaired) electrons. The first kappa shape index (κ1) is 22.0. The molecule has 0 aromatic heterocycles. The van der Waals surface area contributed by atoms with E-state index in [0.717, 1.165) is 6.42 Å². The smallest absolute Gasteiger partial charge is 0.240 e. The van der Waals surface area contributed by atoms with E-state index >= 15 is 0 Å². The van der Waals surface area contributed by atoms with Crippen LogP contribution in [0.4, 0.5) is 4.39 Å². The number of hydrogen-bond acceptors (Lipinski definition) is 5. The van der Waals surface area contributed by atoms with Crippen LogP contribution in [0.2, 0.25) is 0 Å². The molecule has 30 heavy (non-hydrogen) atoms. The highest BCUT2D eigenvalue weighted by molar-refractivity contribution is 7.89. The molecule has 0 atom stereocenters. The van der Waals surface area contributed by atoms with Crippen LogP contribution >= 0.6 is 0 Å². The third kappa shape index (κ3) is 5.70. The van der Waals surface area contributed by atoms with Gasteiger partial charge in [0.25, 0.3) is 0 Å². The Kier molecular flexibility index (Phi) is 7.28. The van der Waals surface area contributed by atoms with Gasteiger partial charge in [-0.05, 0) is 24.6 Å². The van der Waals surface area contributed by atoms with Crippen molar-refractivity contribution in [3.05, 3.63) is 53.8 Å². The second-order valence-electron chi connectivity index (χ2n) is 7.00. The summed E-state index contributed by atoms with van der Waals surface area (Å²) in [6.07, 6.45) is 1.20. The maximum absolute atomic E-state index is 13.7. The van der Waals surface area contributed by atoms with E-state index in [9.17, 15) is 17.6 Å². The number of amides is 1. The summed E-state index contributed by atoms with van der Waals surface area (Å²) in [5.41, 5.74) is 0.434. The first-order valence-electron chi connectivity index (χ1n) is 9.73. The Morgan fingerprint density at radius 1 is 1.13 bits per heavy atom. The molecule has 1 N–H and O–H groups in total. The van der Waals surface area contributed by atoms with Crippen LogP contribution in [0.1, 0.15) is 24.8 Å². The van der Waals surface area contributed by atoms with E-state index in [-0.39, 0.29) is 36.1 Å². The quantitative estimate of drug-likeness (QED) is 0.643. The maximum Gasteiger partial charge on any atom is 0.240 e. The number of benzene rings is 2. The minimum atomic E-state index is -3.74. The van der Waals surface area contributed by atoms with Crippen molar-refractivity contribution in [3.8, 4) is 11.5 Å². The van der Waals surface area contributed by atoms with Crippen molar-refractivity contribution in [3.63, 3.8) is 0 Å². The van der Waals surface area contributed by atoms with Gasteiger partial charge in [0.2, 0.25) is 15.9 Å². The highest BCUT2D eigenvalue weighted by atomic mass is 32.2. The molecule has 1 aliphatic heterocycles. The lowest BCUT2D eigenvalue weighted by atomic mass is 10.2. The molecule has 0 unspecified atom stereocenters. The SMILES string of the molecule is CN(Cc1ccccc1F)C(=O)CCCNS(=O)(=O)c1ccc2c(c1)OCCCO2. The van der Waals surface area contributed by atoms with Crippen LogP contribution in [0.5, 0.6) is 11.5 Å². The third-order valence-electron chi connectivity index (χ3n) is 4.68. The van der Waals surface area contributed by atoms with E-state index in [4.69, 9.17) is 9.47 Å². The van der Waals surface area contributed by atoms with Crippen molar-refractivity contribution in [1.82, 2.24) is 9.62 Å². The zero-order valence-corrected chi connectivity index (χ0v) is 17.6. The molecule has 1 aliphatic rings. The fourth-order valence-electron chi connectivity index (χ4n) is 3.00. The van der Waals surface area contributed by atoms with Crippen molar-refractivity contribution >= 4 is 15.9 Å². The number of sulfonamides is 1. The van der Waals surface area contributed by atoms with Crippen molar-refractivity contribution in [2.45, 2.75) is 30.7 Å². The molecule has 2 aromatic rings. The predicted molar refractivity (Wildman–Crippen MR) is 109 cm³/mol. The van der Waals surface area contributed by atoms with Crippen molar-refractivity contribution in [1.29, 1.82) is 0 Å². The van der Waals surface area contributed by atoms with Gasteiger partial charge in [0, 0.05) is 44.6 Å². The van der Waals surface area contributed by atoms with E-state index in [2.05, 4.69) is 4.72 Å². The molecule has 3 rings (SSSR count). The first-order valence-corrected chi connectivity index (χ1v) is 11.2. The molecule has 0 bridgehead atoms. The van der Waals surface area contributed by atoms with Gasteiger partial charge in [-0.1, -0.05) is 18.2 Å². The maximum atomic E-state index is 13.7. The number of fused-ring (bicyclic) bond motifs is 1. The van der Waals surface area contributed by atoms with Gasteiger partial charge in [0.1, 0.15) is 5.82 Å². The molecule has 0 spiro atoms. The molecule has 0 fully saturated rings. The molecule has 9 heteroatoms. The average Bonchev–Trinajstić information content (AvgIpc) is 2.97. The van der Waals surface area contributed by atoms with Gasteiger partial charge < -0.3 is 14.4 Å². The number of nitrogens with one attached hydrogen (secondary N) is 1. The zero-order valence-electron chi connectivity index (χ0n) is 16.8. The molecular formula is C21H25FN2O5S. The van der Waals surface area contributed by atoms with Crippen LogP contribution in [0.25, 0.3) is 0 Å². The standard InChI is InChI=1S/C21H25FN2O5S/c1-24(15-16-6-2-3-7-18(16)22)21(25)8-4-11-23-30(26,27)17-9-10-19-20(14-17)29-13-5-12-28-19/h2-3,6-7,9-10,14,23H,4-5,8,11-13,15H2,1H3. The van der Waals surface area contributed by atoms with Gasteiger partial charge in [-0.3, -0.25) is 4.79 Å². The van der Waals surface area contributed by atoms with Gasteiger partial charge in [-0.25, -0.2) is 17.5 Å². The summed E-state index contributed by atoms with van der Waals surface area (Å²) >= 11 is 0. The highest BCUT2D eigenvalue weighted by Crippen LogP contribution is 2.31. The van der Waals surface area contributed by atoms with Gasteiger partial charge in [-0.2, -0.15) is 0 Å². The van der Waals surface area contributed by atoms with Crippen molar-refractivity contribution in [2.24, 2.45) is 0 Å². The number of carbonyl (C=O) groups excluding carboxylic acids is 1. The molecule has 1 amide bonds. The van der Waals surface area contributed by atoms with Crippen molar-refractivity contribution in [2.75, 3.05) is 26.8 Å². The van der Waals surface area contributed by atoms with Crippen LogP contribution in [-0.4, -0.2) is 46.0 Å². The van der Waals surface area contributed by atoms with Crippen LogP contribution in [0.3, 0.4) is 0 Å². The number of carbonyl (C=O) groups is 1. The Morgan fingerprint density at radius 3 is 2.63 bits per heavy atom. The Balaban J connectivity index is 1.49. The summed E-state index contributed by atoms with van der Waals surface area (Å²) in [5, 5.41) is 0. The summed E-state index contributed by atoms with van der Waals surface area (Å²) < 4.78 is 52.3. The lowest BCUT2D eigenvalue weighted by Crippen LogP contribution is -2.29. The number of hydrogen-bond donors (Lipinski definition) is 1. The lowest BCUT2D eigenvalue weighted by Gasteiger charge is -2.17. The summed E-state index contributed by atoms with van der Waals surface area (Å²) in [6.45, 7) is 1.26. The molecule has 0 saturated carbocycles. The molecule has 1 heterocycles. The van der Waals surface area contributed by atoms with Crippen LogP contribution in [0.15, 0.2) is 47.4 Å². The zero-order chi connectivity index (χ0) is 21.6. The average molecular weight is 437 g/mol. The largest absolute Gasteiger partial charge is 0.490 e. The van der Waals surface area contributed by atoms with Gasteiger partial charge >= 0.3 is 0 Å². The molecule has 162 valence electrons. The fraction of sp³-hybridized carbons (Fsp3) is 0.381. The second kappa shape index (κ2) is 9.90. The van der Waals surface area contributed by atoms with E-state index in [1.165, 1.54) is 23.1 Å². The summed E-state index contributed by atoms with van der Waals surface area (Å²) in [5.74, 6) is 0.378. The summed E-state index contributed by atoms with van der Waals surface area (Å²) in [6, 6.07) is 10.8. The Morgan fingerprint density at radius 2 is 1.87 bits per heavy atom. The highest BCUT2D eigenvalue weighted by Gasteiger charge is 2.19. The minimum Gasteiger partial charge on any atom is -0.490 e. The normalized spacial score (nSPS) is 13.5. The molecule has 2 aromatic carbocycles. The van der Waals surface area contributed by atoms with Gasteiger partial charge in [0.15, 0.2) is 11.5 Å². The number of halogens is 1. The minimum absolute atomic E-state index is 0.0785. The monoisotopic (exact) mass is 436 g/mol. The molecule has 0 aliphatic carbocycles. The van der Waals surface area contributed by atoms with E-state index in [1.807, 2.05) is 0 Å². The predicted octanol–water partition coefficient (Wildman–Crippen LogP) is 2.70. The Labute approximate surface area is 175 Å². The summed E-state index contributed by atoms with van der Waals surface area (Å²) in [7, 11) is -2.14. The van der Waals surface area contributed by atoms with Gasteiger partial charge in [0.05, 0.1) is 18.1 Å². The molecule has 0 saturated heterocycles.